The van der Waals surface area contributed by atoms with Gasteiger partial charge in [0.2, 0.25) is 11.7 Å². The maximum absolute atomic E-state index is 13.8. The summed E-state index contributed by atoms with van der Waals surface area (Å²) in [6.45, 7) is 1.14. The normalized spacial score (nSPS) is 16.6. The molecule has 1 atom stereocenters. The third-order valence-corrected chi connectivity index (χ3v) is 4.74. The molecule has 1 saturated heterocycles. The summed E-state index contributed by atoms with van der Waals surface area (Å²) in [4.78, 5) is 20.1. The van der Waals surface area contributed by atoms with Crippen molar-refractivity contribution >= 4 is 5.91 Å². The van der Waals surface area contributed by atoms with Crippen molar-refractivity contribution in [2.45, 2.75) is 31.8 Å². The summed E-state index contributed by atoms with van der Waals surface area (Å²) < 4.78 is 13.8. The molecule has 0 N–H and O–H groups in total. The Balaban J connectivity index is 1.44. The number of nitrogens with zero attached hydrogens (tertiary/aromatic N) is 6. The molecule has 0 aliphatic carbocycles. The molecule has 4 rings (SSSR count). The van der Waals surface area contributed by atoms with Crippen LogP contribution in [0.3, 0.4) is 0 Å². The molecular formula is C19H19FN6O. The average Bonchev–Trinajstić information content (AvgIpc) is 3.34. The summed E-state index contributed by atoms with van der Waals surface area (Å²) in [5, 5.41) is 12.6. The molecule has 3 aromatic rings. The zero-order valence-corrected chi connectivity index (χ0v) is 14.7. The van der Waals surface area contributed by atoms with Crippen LogP contribution < -0.4 is 0 Å². The van der Waals surface area contributed by atoms with Crippen molar-refractivity contribution in [1.82, 2.24) is 30.1 Å². The molecule has 138 valence electrons. The zero-order chi connectivity index (χ0) is 18.6. The van der Waals surface area contributed by atoms with Gasteiger partial charge in [-0.3, -0.25) is 9.78 Å². The SMILES string of the molecule is O=C(Cc1ccccc1F)N1CCC[C@@H]1Cn1nnc(-c2cccnc2)n1. The van der Waals surface area contributed by atoms with Crippen LogP contribution in [0.1, 0.15) is 18.4 Å². The van der Waals surface area contributed by atoms with Crippen molar-refractivity contribution < 1.29 is 9.18 Å². The molecule has 0 spiro atoms. The number of tetrazole rings is 1. The lowest BCUT2D eigenvalue weighted by molar-refractivity contribution is -0.131. The van der Waals surface area contributed by atoms with E-state index in [1.165, 1.54) is 10.9 Å². The fraction of sp³-hybridized carbons (Fsp3) is 0.316. The van der Waals surface area contributed by atoms with Crippen LogP contribution in [0.25, 0.3) is 11.4 Å². The maximum Gasteiger partial charge on any atom is 0.227 e. The minimum Gasteiger partial charge on any atom is -0.337 e. The summed E-state index contributed by atoms with van der Waals surface area (Å²) in [7, 11) is 0. The summed E-state index contributed by atoms with van der Waals surface area (Å²) in [5.41, 5.74) is 1.22. The summed E-state index contributed by atoms with van der Waals surface area (Å²) in [6.07, 6.45) is 5.21. The molecule has 8 heteroatoms. The van der Waals surface area contributed by atoms with Gasteiger partial charge in [0.1, 0.15) is 5.82 Å². The van der Waals surface area contributed by atoms with Gasteiger partial charge in [0.05, 0.1) is 19.0 Å². The van der Waals surface area contributed by atoms with Gasteiger partial charge in [0.15, 0.2) is 0 Å². The van der Waals surface area contributed by atoms with Gasteiger partial charge in [-0.2, -0.15) is 4.80 Å². The number of carbonyl (C=O) groups excluding carboxylic acids is 1. The summed E-state index contributed by atoms with van der Waals surface area (Å²) in [5.74, 6) is 0.0844. The number of halogens is 1. The molecule has 0 unspecified atom stereocenters. The molecule has 1 aliphatic rings. The molecular weight excluding hydrogens is 347 g/mol. The Kier molecular flexibility index (Phi) is 4.86. The Morgan fingerprint density at radius 1 is 1.22 bits per heavy atom. The first kappa shape index (κ1) is 17.3. The lowest BCUT2D eigenvalue weighted by Gasteiger charge is -2.24. The first-order valence-corrected chi connectivity index (χ1v) is 8.92. The number of amides is 1. The number of pyridine rings is 1. The fourth-order valence-electron chi connectivity index (χ4n) is 3.38. The van der Waals surface area contributed by atoms with E-state index in [4.69, 9.17) is 0 Å². The van der Waals surface area contributed by atoms with Crippen LogP contribution in [-0.2, 0) is 17.8 Å². The van der Waals surface area contributed by atoms with Crippen molar-refractivity contribution in [2.24, 2.45) is 0 Å². The van der Waals surface area contributed by atoms with Crippen molar-refractivity contribution in [2.75, 3.05) is 6.54 Å². The lowest BCUT2D eigenvalue weighted by Crippen LogP contribution is -2.39. The molecule has 0 bridgehead atoms. The second kappa shape index (κ2) is 7.61. The molecule has 27 heavy (non-hydrogen) atoms. The van der Waals surface area contributed by atoms with E-state index in [2.05, 4.69) is 20.4 Å². The van der Waals surface area contributed by atoms with E-state index in [1.54, 1.807) is 35.5 Å². The highest BCUT2D eigenvalue weighted by Crippen LogP contribution is 2.21. The average molecular weight is 366 g/mol. The van der Waals surface area contributed by atoms with Gasteiger partial charge in [0, 0.05) is 24.5 Å². The first-order chi connectivity index (χ1) is 13.2. The summed E-state index contributed by atoms with van der Waals surface area (Å²) in [6, 6.07) is 10.1. The summed E-state index contributed by atoms with van der Waals surface area (Å²) >= 11 is 0. The lowest BCUT2D eigenvalue weighted by atomic mass is 10.1. The zero-order valence-electron chi connectivity index (χ0n) is 14.7. The highest BCUT2D eigenvalue weighted by molar-refractivity contribution is 5.79. The van der Waals surface area contributed by atoms with Gasteiger partial charge in [-0.25, -0.2) is 4.39 Å². The van der Waals surface area contributed by atoms with Crippen LogP contribution in [0.2, 0.25) is 0 Å². The van der Waals surface area contributed by atoms with E-state index in [9.17, 15) is 9.18 Å². The smallest absolute Gasteiger partial charge is 0.227 e. The van der Waals surface area contributed by atoms with Gasteiger partial charge in [-0.05, 0) is 41.8 Å². The Bertz CT molecular complexity index is 929. The van der Waals surface area contributed by atoms with Gasteiger partial charge in [0.25, 0.3) is 0 Å². The second-order valence-electron chi connectivity index (χ2n) is 6.56. The van der Waals surface area contributed by atoms with E-state index >= 15 is 0 Å². The molecule has 1 aliphatic heterocycles. The molecule has 0 radical (unpaired) electrons. The van der Waals surface area contributed by atoms with Crippen molar-refractivity contribution in [3.8, 4) is 11.4 Å². The van der Waals surface area contributed by atoms with E-state index < -0.39 is 0 Å². The number of rotatable bonds is 5. The fourth-order valence-corrected chi connectivity index (χ4v) is 3.38. The highest BCUT2D eigenvalue weighted by atomic mass is 19.1. The Labute approximate surface area is 155 Å². The molecule has 0 saturated carbocycles. The van der Waals surface area contributed by atoms with Gasteiger partial charge in [-0.1, -0.05) is 18.2 Å². The minimum atomic E-state index is -0.347. The number of benzene rings is 1. The monoisotopic (exact) mass is 366 g/mol. The van der Waals surface area contributed by atoms with Crippen molar-refractivity contribution in [1.29, 1.82) is 0 Å². The number of aromatic nitrogens is 5. The number of likely N-dealkylation sites (tertiary alicyclic amines) is 1. The van der Waals surface area contributed by atoms with Crippen LogP contribution in [0.4, 0.5) is 4.39 Å². The number of carbonyl (C=O) groups is 1. The van der Waals surface area contributed by atoms with E-state index in [1.807, 2.05) is 12.1 Å². The van der Waals surface area contributed by atoms with Crippen LogP contribution in [0.15, 0.2) is 48.8 Å². The van der Waals surface area contributed by atoms with Gasteiger partial charge < -0.3 is 4.90 Å². The Hall–Kier alpha value is -3.16. The highest BCUT2D eigenvalue weighted by Gasteiger charge is 2.30. The van der Waals surface area contributed by atoms with Crippen LogP contribution >= 0.6 is 0 Å². The molecule has 7 nitrogen and oxygen atoms in total. The number of hydrogen-bond acceptors (Lipinski definition) is 5. The maximum atomic E-state index is 13.8. The third-order valence-electron chi connectivity index (χ3n) is 4.74. The third kappa shape index (κ3) is 3.84. The first-order valence-electron chi connectivity index (χ1n) is 8.92. The van der Waals surface area contributed by atoms with Crippen LogP contribution in [-0.4, -0.2) is 48.6 Å². The molecule has 2 aromatic heterocycles. The van der Waals surface area contributed by atoms with Gasteiger partial charge >= 0.3 is 0 Å². The predicted octanol–water partition coefficient (Wildman–Crippen LogP) is 2.11. The van der Waals surface area contributed by atoms with Crippen molar-refractivity contribution in [3.63, 3.8) is 0 Å². The van der Waals surface area contributed by atoms with Crippen LogP contribution in [0.5, 0.6) is 0 Å². The van der Waals surface area contributed by atoms with Crippen molar-refractivity contribution in [3.05, 3.63) is 60.2 Å². The minimum absolute atomic E-state index is 0.0137. The predicted molar refractivity (Wildman–Crippen MR) is 95.9 cm³/mol. The molecule has 3 heterocycles. The largest absolute Gasteiger partial charge is 0.337 e. The topological polar surface area (TPSA) is 76.8 Å². The Morgan fingerprint density at radius 2 is 2.11 bits per heavy atom. The van der Waals surface area contributed by atoms with E-state index in [0.717, 1.165) is 18.4 Å². The molecule has 1 fully saturated rings. The second-order valence-corrected chi connectivity index (χ2v) is 6.56. The van der Waals surface area contributed by atoms with Crippen LogP contribution in [0, 0.1) is 5.82 Å². The standard InChI is InChI=1S/C19H19FN6O/c20-17-8-2-1-5-14(17)11-18(27)25-10-4-7-16(25)13-26-23-19(22-24-26)15-6-3-9-21-12-15/h1-3,5-6,8-9,12,16H,4,7,10-11,13H2/t16-/m1/s1. The Morgan fingerprint density at radius 3 is 2.93 bits per heavy atom. The quantitative estimate of drug-likeness (QED) is 0.691. The number of hydrogen-bond donors (Lipinski definition) is 0. The molecule has 1 aromatic carbocycles. The van der Waals surface area contributed by atoms with E-state index in [-0.39, 0.29) is 24.2 Å². The molecule has 1 amide bonds. The van der Waals surface area contributed by atoms with Gasteiger partial charge in [-0.15, -0.1) is 10.2 Å². The van der Waals surface area contributed by atoms with E-state index in [0.29, 0.717) is 24.5 Å².